The van der Waals surface area contributed by atoms with Gasteiger partial charge in [0.2, 0.25) is 21.8 Å². The molecule has 0 saturated heterocycles. The average Bonchev–Trinajstić information content (AvgIpc) is 2.86. The molecule has 38 heavy (non-hydrogen) atoms. The van der Waals surface area contributed by atoms with Crippen LogP contribution >= 0.6 is 0 Å². The summed E-state index contributed by atoms with van der Waals surface area (Å²) in [6, 6.07) is 7.63. The number of carbonyl (C=O) groups excluding carboxylic acids is 2. The number of nitrogens with one attached hydrogen (secondary N) is 1. The van der Waals surface area contributed by atoms with Gasteiger partial charge in [-0.2, -0.15) is 0 Å². The highest BCUT2D eigenvalue weighted by Crippen LogP contribution is 2.34. The van der Waals surface area contributed by atoms with Gasteiger partial charge in [0, 0.05) is 24.7 Å². The van der Waals surface area contributed by atoms with E-state index in [0.717, 1.165) is 18.4 Å². The van der Waals surface area contributed by atoms with Gasteiger partial charge in [0.1, 0.15) is 29.8 Å². The van der Waals surface area contributed by atoms with E-state index in [2.05, 4.69) is 5.32 Å². The van der Waals surface area contributed by atoms with E-state index in [9.17, 15) is 32.5 Å². The lowest BCUT2D eigenvalue weighted by Gasteiger charge is -2.33. The Morgan fingerprint density at radius 2 is 1.76 bits per heavy atom. The summed E-state index contributed by atoms with van der Waals surface area (Å²) in [6.07, 6.45) is 1.73. The number of rotatable bonds is 13. The fourth-order valence-corrected chi connectivity index (χ4v) is 4.57. The van der Waals surface area contributed by atoms with E-state index in [4.69, 9.17) is 4.74 Å². The molecular weight excluding hydrogens is 519 g/mol. The number of nitro groups is 1. The molecule has 0 heterocycles. The molecule has 0 aliphatic heterocycles. The molecule has 0 bridgehead atoms. The SMILES string of the molecule is CC[C@H](C(=O)N[C@@H](C)CC)N(Cc1ccc(F)cc1)C(=O)CN(c1cc([N+](=O)[O-])ccc1OC)S(C)(=O)=O. The molecule has 2 amide bonds. The number of anilines is 1. The fraction of sp³-hybridized carbons (Fsp3) is 0.440. The number of non-ortho nitro benzene ring substituents is 1. The van der Waals surface area contributed by atoms with Gasteiger partial charge in [-0.15, -0.1) is 0 Å². The van der Waals surface area contributed by atoms with Crippen LogP contribution in [0.4, 0.5) is 15.8 Å². The van der Waals surface area contributed by atoms with Crippen LogP contribution in [0.5, 0.6) is 5.75 Å². The second kappa shape index (κ2) is 13.2. The summed E-state index contributed by atoms with van der Waals surface area (Å²) in [6.45, 7) is 4.56. The molecule has 0 aromatic heterocycles. The lowest BCUT2D eigenvalue weighted by molar-refractivity contribution is -0.384. The summed E-state index contributed by atoms with van der Waals surface area (Å²) < 4.78 is 45.0. The number of nitro benzene ring substituents is 1. The number of ether oxygens (including phenoxy) is 1. The highest BCUT2D eigenvalue weighted by molar-refractivity contribution is 7.92. The molecule has 13 heteroatoms. The summed E-state index contributed by atoms with van der Waals surface area (Å²) in [5.41, 5.74) is -0.0748. The highest BCUT2D eigenvalue weighted by atomic mass is 32.2. The first kappa shape index (κ1) is 30.5. The van der Waals surface area contributed by atoms with Gasteiger partial charge in [0.25, 0.3) is 5.69 Å². The third-order valence-corrected chi connectivity index (χ3v) is 7.10. The summed E-state index contributed by atoms with van der Waals surface area (Å²) in [7, 11) is -2.88. The van der Waals surface area contributed by atoms with Gasteiger partial charge in [-0.25, -0.2) is 12.8 Å². The molecule has 2 rings (SSSR count). The number of nitrogens with zero attached hydrogens (tertiary/aromatic N) is 3. The van der Waals surface area contributed by atoms with Gasteiger partial charge in [-0.05, 0) is 43.5 Å². The topological polar surface area (TPSA) is 139 Å². The number of methoxy groups -OCH3 is 1. The molecule has 0 unspecified atom stereocenters. The van der Waals surface area contributed by atoms with Crippen LogP contribution in [0.3, 0.4) is 0 Å². The molecule has 0 radical (unpaired) electrons. The first-order chi connectivity index (χ1) is 17.8. The molecule has 0 fully saturated rings. The summed E-state index contributed by atoms with van der Waals surface area (Å²) >= 11 is 0. The van der Waals surface area contributed by atoms with Crippen LogP contribution < -0.4 is 14.4 Å². The average molecular weight is 553 g/mol. The van der Waals surface area contributed by atoms with Crippen LogP contribution in [0.2, 0.25) is 0 Å². The smallest absolute Gasteiger partial charge is 0.271 e. The van der Waals surface area contributed by atoms with Crippen LogP contribution in [0, 0.1) is 15.9 Å². The number of hydrogen-bond acceptors (Lipinski definition) is 7. The predicted molar refractivity (Wildman–Crippen MR) is 141 cm³/mol. The fourth-order valence-electron chi connectivity index (χ4n) is 3.73. The third kappa shape index (κ3) is 7.88. The van der Waals surface area contributed by atoms with Crippen molar-refractivity contribution in [2.45, 2.75) is 52.2 Å². The van der Waals surface area contributed by atoms with Crippen molar-refractivity contribution in [3.05, 3.63) is 64.0 Å². The Morgan fingerprint density at radius 3 is 2.26 bits per heavy atom. The van der Waals surface area contributed by atoms with Crippen molar-refractivity contribution < 1.29 is 32.1 Å². The third-order valence-electron chi connectivity index (χ3n) is 5.97. The monoisotopic (exact) mass is 552 g/mol. The number of carbonyl (C=O) groups is 2. The van der Waals surface area contributed by atoms with Crippen molar-refractivity contribution in [1.82, 2.24) is 10.2 Å². The van der Waals surface area contributed by atoms with Gasteiger partial charge in [-0.3, -0.25) is 24.0 Å². The zero-order valence-electron chi connectivity index (χ0n) is 22.0. The van der Waals surface area contributed by atoms with E-state index in [1.807, 2.05) is 13.8 Å². The minimum atomic E-state index is -4.14. The van der Waals surface area contributed by atoms with Crippen LogP contribution in [-0.2, 0) is 26.2 Å². The molecule has 0 aliphatic carbocycles. The number of halogens is 1. The number of benzene rings is 2. The van der Waals surface area contributed by atoms with E-state index in [1.165, 1.54) is 42.3 Å². The Balaban J connectivity index is 2.55. The minimum Gasteiger partial charge on any atom is -0.495 e. The van der Waals surface area contributed by atoms with Gasteiger partial charge in [-0.1, -0.05) is 26.0 Å². The molecule has 0 aliphatic rings. The standard InChI is InChI=1S/C25H33FN4O7S/c1-6-17(3)27-25(32)21(7-2)28(15-18-8-10-19(26)11-9-18)24(31)16-29(38(5,35)36)22-14-20(30(33)34)12-13-23(22)37-4/h8-14,17,21H,6-7,15-16H2,1-5H3,(H,27,32)/t17-,21+/m0/s1. The molecule has 2 atom stereocenters. The second-order valence-corrected chi connectivity index (χ2v) is 10.7. The Morgan fingerprint density at radius 1 is 1.13 bits per heavy atom. The molecule has 0 spiro atoms. The van der Waals surface area contributed by atoms with Gasteiger partial charge < -0.3 is 15.0 Å². The largest absolute Gasteiger partial charge is 0.495 e. The van der Waals surface area contributed by atoms with Crippen molar-refractivity contribution in [1.29, 1.82) is 0 Å². The number of sulfonamides is 1. The Hall–Kier alpha value is -3.74. The Labute approximate surface area is 221 Å². The van der Waals surface area contributed by atoms with Crippen LogP contribution in [-0.4, -0.2) is 62.0 Å². The molecule has 11 nitrogen and oxygen atoms in total. The lowest BCUT2D eigenvalue weighted by Crippen LogP contribution is -2.53. The van der Waals surface area contributed by atoms with Crippen molar-refractivity contribution in [2.24, 2.45) is 0 Å². The van der Waals surface area contributed by atoms with E-state index in [0.29, 0.717) is 16.3 Å². The Bertz CT molecular complexity index is 1250. The number of hydrogen-bond donors (Lipinski definition) is 1. The molecule has 2 aromatic carbocycles. The molecule has 1 N–H and O–H groups in total. The van der Waals surface area contributed by atoms with Crippen molar-refractivity contribution in [3.8, 4) is 5.75 Å². The lowest BCUT2D eigenvalue weighted by atomic mass is 10.1. The Kier molecular flexibility index (Phi) is 10.6. The van der Waals surface area contributed by atoms with E-state index in [1.54, 1.807) is 6.92 Å². The van der Waals surface area contributed by atoms with Crippen LogP contribution in [0.25, 0.3) is 0 Å². The first-order valence-electron chi connectivity index (χ1n) is 12.0. The maximum atomic E-state index is 13.7. The highest BCUT2D eigenvalue weighted by Gasteiger charge is 2.33. The second-order valence-electron chi connectivity index (χ2n) is 8.77. The van der Waals surface area contributed by atoms with Gasteiger partial charge in [0.05, 0.1) is 18.3 Å². The predicted octanol–water partition coefficient (Wildman–Crippen LogP) is 3.23. The number of amides is 2. The van der Waals surface area contributed by atoms with Crippen LogP contribution in [0.1, 0.15) is 39.2 Å². The van der Waals surface area contributed by atoms with Crippen molar-refractivity contribution in [2.75, 3.05) is 24.2 Å². The maximum absolute atomic E-state index is 13.7. The van der Waals surface area contributed by atoms with Gasteiger partial charge in [0.15, 0.2) is 0 Å². The minimum absolute atomic E-state index is 0.000430. The van der Waals surface area contributed by atoms with E-state index >= 15 is 0 Å². The molecule has 208 valence electrons. The summed E-state index contributed by atoms with van der Waals surface area (Å²) in [4.78, 5) is 38.7. The normalized spacial score (nSPS) is 12.8. The zero-order valence-corrected chi connectivity index (χ0v) is 22.8. The summed E-state index contributed by atoms with van der Waals surface area (Å²) in [5.74, 6) is -1.63. The van der Waals surface area contributed by atoms with Crippen molar-refractivity contribution in [3.63, 3.8) is 0 Å². The van der Waals surface area contributed by atoms with Crippen LogP contribution in [0.15, 0.2) is 42.5 Å². The molecular formula is C25H33FN4O7S. The van der Waals surface area contributed by atoms with E-state index < -0.39 is 50.9 Å². The zero-order chi connectivity index (χ0) is 28.6. The molecule has 2 aromatic rings. The maximum Gasteiger partial charge on any atom is 0.271 e. The van der Waals surface area contributed by atoms with E-state index in [-0.39, 0.29) is 30.4 Å². The first-order valence-corrected chi connectivity index (χ1v) is 13.8. The summed E-state index contributed by atoms with van der Waals surface area (Å²) in [5, 5.41) is 14.2. The van der Waals surface area contributed by atoms with Crippen molar-refractivity contribution >= 4 is 33.2 Å². The quantitative estimate of drug-likeness (QED) is 0.297. The molecule has 0 saturated carbocycles. The van der Waals surface area contributed by atoms with Gasteiger partial charge >= 0.3 is 0 Å².